The number of aliphatic carboxylic acids is 2. The van der Waals surface area contributed by atoms with Crippen molar-refractivity contribution in [2.75, 3.05) is 0 Å². The second-order valence-electron chi connectivity index (χ2n) is 7.29. The highest BCUT2D eigenvalue weighted by Crippen LogP contribution is 2.45. The Morgan fingerprint density at radius 3 is 2.21 bits per heavy atom. The van der Waals surface area contributed by atoms with Crippen molar-refractivity contribution in [2.24, 2.45) is 12.5 Å². The summed E-state index contributed by atoms with van der Waals surface area (Å²) in [5.41, 5.74) is 3.56. The summed E-state index contributed by atoms with van der Waals surface area (Å²) in [6, 6.07) is 18.2. The first-order chi connectivity index (χ1) is 13.5. The normalized spacial score (nSPS) is 16.0. The van der Waals surface area contributed by atoms with Gasteiger partial charge in [-0.3, -0.25) is 9.59 Å². The SMILES string of the molecule is Cn1c(-c2ccccc2)c(C2=CCC(C(=O)O)(C(=O)O)CC2)c2ccccc21. The Labute approximate surface area is 162 Å². The minimum Gasteiger partial charge on any atom is -0.480 e. The first-order valence-corrected chi connectivity index (χ1v) is 9.25. The topological polar surface area (TPSA) is 79.5 Å². The van der Waals surface area contributed by atoms with Gasteiger partial charge in [0.05, 0.1) is 5.69 Å². The maximum absolute atomic E-state index is 11.7. The van der Waals surface area contributed by atoms with E-state index in [9.17, 15) is 19.8 Å². The minimum absolute atomic E-state index is 0.00947. The van der Waals surface area contributed by atoms with Crippen molar-refractivity contribution in [3.8, 4) is 11.3 Å². The van der Waals surface area contributed by atoms with Crippen LogP contribution in [0.4, 0.5) is 0 Å². The molecular formula is C23H21NO4. The predicted octanol–water partition coefficient (Wildman–Crippen LogP) is 4.57. The van der Waals surface area contributed by atoms with Crippen molar-refractivity contribution < 1.29 is 19.8 Å². The fourth-order valence-corrected chi connectivity index (χ4v) is 4.21. The number of carboxylic acids is 2. The van der Waals surface area contributed by atoms with Crippen LogP contribution in [0.25, 0.3) is 27.7 Å². The van der Waals surface area contributed by atoms with Crippen molar-refractivity contribution in [3.63, 3.8) is 0 Å². The second-order valence-corrected chi connectivity index (χ2v) is 7.29. The van der Waals surface area contributed by atoms with Crippen LogP contribution in [0.2, 0.25) is 0 Å². The molecule has 0 spiro atoms. The maximum Gasteiger partial charge on any atom is 0.321 e. The van der Waals surface area contributed by atoms with Crippen molar-refractivity contribution in [1.82, 2.24) is 4.57 Å². The number of benzene rings is 2. The minimum atomic E-state index is -1.74. The molecule has 1 aromatic heterocycles. The molecule has 2 N–H and O–H groups in total. The van der Waals surface area contributed by atoms with E-state index in [0.717, 1.165) is 33.3 Å². The number of nitrogens with zero attached hydrogens (tertiary/aromatic N) is 1. The zero-order valence-corrected chi connectivity index (χ0v) is 15.6. The number of aryl methyl sites for hydroxylation is 1. The van der Waals surface area contributed by atoms with Gasteiger partial charge in [0.2, 0.25) is 0 Å². The maximum atomic E-state index is 11.7. The van der Waals surface area contributed by atoms with Gasteiger partial charge in [0.15, 0.2) is 5.41 Å². The molecule has 5 heteroatoms. The number of carbonyl (C=O) groups is 2. The van der Waals surface area contributed by atoms with Crippen LogP contribution in [-0.4, -0.2) is 26.7 Å². The van der Waals surface area contributed by atoms with E-state index in [-0.39, 0.29) is 12.8 Å². The number of hydrogen-bond acceptors (Lipinski definition) is 2. The molecule has 0 bridgehead atoms. The van der Waals surface area contributed by atoms with E-state index in [0.29, 0.717) is 6.42 Å². The summed E-state index contributed by atoms with van der Waals surface area (Å²) in [4.78, 5) is 23.3. The first-order valence-electron chi connectivity index (χ1n) is 9.25. The highest BCUT2D eigenvalue weighted by Gasteiger charge is 2.47. The fourth-order valence-electron chi connectivity index (χ4n) is 4.21. The summed E-state index contributed by atoms with van der Waals surface area (Å²) in [6.45, 7) is 0. The van der Waals surface area contributed by atoms with Crippen LogP contribution in [0.3, 0.4) is 0 Å². The average molecular weight is 375 g/mol. The second kappa shape index (κ2) is 6.68. The Hall–Kier alpha value is -3.34. The molecule has 0 fully saturated rings. The van der Waals surface area contributed by atoms with Gasteiger partial charge in [0, 0.05) is 23.5 Å². The Morgan fingerprint density at radius 1 is 0.964 bits per heavy atom. The molecule has 0 atom stereocenters. The van der Waals surface area contributed by atoms with Gasteiger partial charge in [-0.15, -0.1) is 0 Å². The molecule has 1 heterocycles. The van der Waals surface area contributed by atoms with Crippen molar-refractivity contribution in [3.05, 3.63) is 66.2 Å². The highest BCUT2D eigenvalue weighted by molar-refractivity contribution is 6.03. The summed E-state index contributed by atoms with van der Waals surface area (Å²) in [5, 5.41) is 20.1. The van der Waals surface area contributed by atoms with Gasteiger partial charge in [-0.25, -0.2) is 0 Å². The Morgan fingerprint density at radius 2 is 1.61 bits per heavy atom. The number of hydrogen-bond donors (Lipinski definition) is 2. The molecule has 0 unspecified atom stereocenters. The molecular weight excluding hydrogens is 354 g/mol. The van der Waals surface area contributed by atoms with Crippen LogP contribution in [-0.2, 0) is 16.6 Å². The van der Waals surface area contributed by atoms with Crippen LogP contribution < -0.4 is 0 Å². The van der Waals surface area contributed by atoms with E-state index in [1.807, 2.05) is 37.4 Å². The zero-order valence-electron chi connectivity index (χ0n) is 15.6. The molecule has 0 aliphatic heterocycles. The number of rotatable bonds is 4. The molecule has 5 nitrogen and oxygen atoms in total. The van der Waals surface area contributed by atoms with E-state index in [1.54, 1.807) is 6.08 Å². The van der Waals surface area contributed by atoms with Crippen LogP contribution in [0.5, 0.6) is 0 Å². The summed E-state index contributed by atoms with van der Waals surface area (Å²) in [7, 11) is 2.02. The third-order valence-electron chi connectivity index (χ3n) is 5.81. The van der Waals surface area contributed by atoms with Crippen LogP contribution in [0.15, 0.2) is 60.7 Å². The van der Waals surface area contributed by atoms with E-state index in [1.165, 1.54) is 0 Å². The lowest BCUT2D eigenvalue weighted by molar-refractivity contribution is -0.165. The number of fused-ring (bicyclic) bond motifs is 1. The molecule has 1 aliphatic rings. The smallest absolute Gasteiger partial charge is 0.321 e. The van der Waals surface area contributed by atoms with E-state index >= 15 is 0 Å². The van der Waals surface area contributed by atoms with Crippen molar-refractivity contribution in [1.29, 1.82) is 0 Å². The zero-order chi connectivity index (χ0) is 19.9. The van der Waals surface area contributed by atoms with Crippen molar-refractivity contribution >= 4 is 28.4 Å². The number of carboxylic acid groups (broad SMARTS) is 2. The lowest BCUT2D eigenvalue weighted by atomic mass is 9.73. The summed E-state index contributed by atoms with van der Waals surface area (Å²) < 4.78 is 2.15. The van der Waals surface area contributed by atoms with Gasteiger partial charge in [0.25, 0.3) is 0 Å². The largest absolute Gasteiger partial charge is 0.480 e. The Balaban J connectivity index is 1.92. The van der Waals surface area contributed by atoms with Crippen molar-refractivity contribution in [2.45, 2.75) is 19.3 Å². The van der Waals surface area contributed by atoms with Gasteiger partial charge < -0.3 is 14.8 Å². The number of aromatic nitrogens is 1. The third kappa shape index (κ3) is 2.62. The Kier molecular flexibility index (Phi) is 4.30. The number of para-hydroxylation sites is 1. The quantitative estimate of drug-likeness (QED) is 0.655. The summed E-state index contributed by atoms with van der Waals surface area (Å²) in [6.07, 6.45) is 2.29. The fraction of sp³-hybridized carbons (Fsp3) is 0.217. The lowest BCUT2D eigenvalue weighted by Gasteiger charge is -2.28. The number of allylic oxidation sites excluding steroid dienone is 2. The van der Waals surface area contributed by atoms with Gasteiger partial charge in [-0.05, 0) is 36.5 Å². The summed E-state index contributed by atoms with van der Waals surface area (Å²) >= 11 is 0. The molecule has 142 valence electrons. The molecule has 0 amide bonds. The molecule has 2 aromatic carbocycles. The highest BCUT2D eigenvalue weighted by atomic mass is 16.4. The lowest BCUT2D eigenvalue weighted by Crippen LogP contribution is -2.40. The van der Waals surface area contributed by atoms with E-state index in [2.05, 4.69) is 28.8 Å². The van der Waals surface area contributed by atoms with Gasteiger partial charge >= 0.3 is 11.9 Å². The standard InChI is InChI=1S/C23H21NO4/c1-24-18-10-6-5-9-17(18)19(20(24)16-7-3-2-4-8-16)15-11-13-23(14-12-15,21(25)26)22(27)28/h2-11H,12-14H2,1H3,(H,25,26)(H,27,28). The predicted molar refractivity (Wildman–Crippen MR) is 108 cm³/mol. The molecule has 0 saturated heterocycles. The monoisotopic (exact) mass is 375 g/mol. The van der Waals surface area contributed by atoms with Gasteiger partial charge in [-0.1, -0.05) is 54.6 Å². The third-order valence-corrected chi connectivity index (χ3v) is 5.81. The molecule has 28 heavy (non-hydrogen) atoms. The molecule has 0 saturated carbocycles. The molecule has 4 rings (SSSR count). The molecule has 0 radical (unpaired) electrons. The van der Waals surface area contributed by atoms with Crippen LogP contribution >= 0.6 is 0 Å². The average Bonchev–Trinajstić information content (AvgIpc) is 3.01. The summed E-state index contributed by atoms with van der Waals surface area (Å²) in [5.74, 6) is -2.53. The van der Waals surface area contributed by atoms with Gasteiger partial charge in [-0.2, -0.15) is 0 Å². The van der Waals surface area contributed by atoms with E-state index in [4.69, 9.17) is 0 Å². The first kappa shape index (κ1) is 18.0. The van der Waals surface area contributed by atoms with Crippen LogP contribution in [0, 0.1) is 5.41 Å². The molecule has 1 aliphatic carbocycles. The van der Waals surface area contributed by atoms with Gasteiger partial charge in [0.1, 0.15) is 0 Å². The van der Waals surface area contributed by atoms with Crippen LogP contribution in [0.1, 0.15) is 24.8 Å². The molecule has 3 aromatic rings. The Bertz CT molecular complexity index is 1090. The van der Waals surface area contributed by atoms with E-state index < -0.39 is 17.4 Å².